The maximum Gasteiger partial charge on any atom is 0.513 e. The number of hydrogen-bond donors (Lipinski definition) is 1. The second kappa shape index (κ2) is 2.45. The summed E-state index contributed by atoms with van der Waals surface area (Å²) >= 11 is 0. The molecule has 0 fully saturated rings. The van der Waals surface area contributed by atoms with Gasteiger partial charge in [0.05, 0.1) is 5.82 Å². The molecular weight excluding hydrogens is 156 g/mol. The van der Waals surface area contributed by atoms with Crippen LogP contribution in [0.5, 0.6) is 0 Å². The Kier molecular flexibility index (Phi) is 1.76. The Morgan fingerprint density at radius 3 is 2.36 bits per heavy atom. The fourth-order valence-corrected chi connectivity index (χ4v) is 0.707. The molecule has 0 spiro atoms. The molecule has 0 saturated heterocycles. The number of rotatable bonds is 1. The topological polar surface area (TPSA) is 38.9 Å². The number of pyridine rings is 1. The summed E-state index contributed by atoms with van der Waals surface area (Å²) in [7, 11) is 0. The van der Waals surface area contributed by atoms with Crippen LogP contribution < -0.4 is 11.2 Å². The Bertz CT molecular complexity index is 260. The number of nitrogens with zero attached hydrogens (tertiary/aromatic N) is 1. The van der Waals surface area contributed by atoms with E-state index in [0.29, 0.717) is 0 Å². The van der Waals surface area contributed by atoms with Gasteiger partial charge in [-0.15, -0.1) is 0 Å². The largest absolute Gasteiger partial charge is 0.513 e. The van der Waals surface area contributed by atoms with Crippen LogP contribution in [-0.2, 0) is 0 Å². The molecular formula is C5H5BF3N2-. The van der Waals surface area contributed by atoms with E-state index >= 15 is 0 Å². The van der Waals surface area contributed by atoms with E-state index in [4.69, 9.17) is 5.73 Å². The highest BCUT2D eigenvalue weighted by Gasteiger charge is 2.27. The fraction of sp³-hybridized carbons (Fsp3) is 0. The Balaban J connectivity index is 3.14. The lowest BCUT2D eigenvalue weighted by molar-refractivity contribution is 0.501. The third kappa shape index (κ3) is 1.63. The van der Waals surface area contributed by atoms with E-state index in [1.165, 1.54) is 12.3 Å². The molecule has 0 bridgehead atoms. The zero-order valence-electron chi connectivity index (χ0n) is 5.47. The molecule has 0 radical (unpaired) electrons. The van der Waals surface area contributed by atoms with Crippen LogP contribution in [0, 0.1) is 0 Å². The summed E-state index contributed by atoms with van der Waals surface area (Å²) in [6.07, 6.45) is 1.22. The number of hydrogen-bond acceptors (Lipinski definition) is 2. The van der Waals surface area contributed by atoms with Crippen molar-refractivity contribution >= 4 is 18.3 Å². The van der Waals surface area contributed by atoms with Crippen LogP contribution >= 0.6 is 0 Å². The molecule has 1 heterocycles. The van der Waals surface area contributed by atoms with Gasteiger partial charge in [0, 0.05) is 6.20 Å². The van der Waals surface area contributed by atoms with E-state index in [-0.39, 0.29) is 0 Å². The third-order valence-corrected chi connectivity index (χ3v) is 1.22. The predicted molar refractivity (Wildman–Crippen MR) is 37.4 cm³/mol. The molecule has 11 heavy (non-hydrogen) atoms. The zero-order valence-corrected chi connectivity index (χ0v) is 5.47. The molecule has 0 aliphatic heterocycles. The zero-order chi connectivity index (χ0) is 8.48. The quantitative estimate of drug-likeness (QED) is 0.616. The first-order valence-corrected chi connectivity index (χ1v) is 2.92. The van der Waals surface area contributed by atoms with Crippen molar-refractivity contribution in [3.63, 3.8) is 0 Å². The van der Waals surface area contributed by atoms with E-state index < -0.39 is 18.3 Å². The van der Waals surface area contributed by atoms with Gasteiger partial charge in [-0.2, -0.15) is 0 Å². The minimum absolute atomic E-state index is 0.458. The minimum Gasteiger partial charge on any atom is -0.445 e. The molecule has 1 rings (SSSR count). The number of nitrogens with two attached hydrogens (primary N) is 1. The summed E-state index contributed by atoms with van der Waals surface area (Å²) in [5.74, 6) is -0.458. The molecule has 60 valence electrons. The molecule has 0 aliphatic rings. The summed E-state index contributed by atoms with van der Waals surface area (Å²) in [6, 6.07) is 2.13. The summed E-state index contributed by atoms with van der Waals surface area (Å²) in [6.45, 7) is -5.02. The molecule has 0 amide bonds. The number of aromatic nitrogens is 1. The van der Waals surface area contributed by atoms with E-state index in [2.05, 4.69) is 4.98 Å². The summed E-state index contributed by atoms with van der Waals surface area (Å²) in [5.41, 5.74) is 4.16. The van der Waals surface area contributed by atoms with Crippen molar-refractivity contribution in [3.8, 4) is 0 Å². The van der Waals surface area contributed by atoms with Crippen LogP contribution in [0.25, 0.3) is 0 Å². The molecule has 1 aromatic heterocycles. The van der Waals surface area contributed by atoms with Crippen molar-refractivity contribution in [3.05, 3.63) is 18.3 Å². The van der Waals surface area contributed by atoms with Gasteiger partial charge in [0.1, 0.15) is 0 Å². The van der Waals surface area contributed by atoms with Crippen molar-refractivity contribution in [2.75, 3.05) is 5.73 Å². The number of halogens is 3. The van der Waals surface area contributed by atoms with Gasteiger partial charge in [-0.05, 0) is 6.07 Å². The smallest absolute Gasteiger partial charge is 0.445 e. The first-order chi connectivity index (χ1) is 5.02. The van der Waals surface area contributed by atoms with Gasteiger partial charge in [0.25, 0.3) is 0 Å². The van der Waals surface area contributed by atoms with Crippen molar-refractivity contribution in [1.29, 1.82) is 0 Å². The van der Waals surface area contributed by atoms with Crippen LogP contribution in [0.2, 0.25) is 0 Å². The van der Waals surface area contributed by atoms with Crippen molar-refractivity contribution in [1.82, 2.24) is 4.98 Å². The number of anilines is 1. The van der Waals surface area contributed by atoms with E-state index in [9.17, 15) is 12.9 Å². The summed E-state index contributed by atoms with van der Waals surface area (Å²) < 4.78 is 36.0. The molecule has 0 atom stereocenters. The van der Waals surface area contributed by atoms with Crippen LogP contribution in [-0.4, -0.2) is 12.0 Å². The first kappa shape index (κ1) is 7.91. The van der Waals surface area contributed by atoms with Gasteiger partial charge < -0.3 is 18.7 Å². The SMILES string of the molecule is Nc1ncccc1[B-](F)(F)F. The van der Waals surface area contributed by atoms with E-state index in [0.717, 1.165) is 6.07 Å². The molecule has 0 aromatic carbocycles. The van der Waals surface area contributed by atoms with E-state index in [1.54, 1.807) is 0 Å². The maximum absolute atomic E-state index is 12.0. The first-order valence-electron chi connectivity index (χ1n) is 2.92. The molecule has 6 heteroatoms. The second-order valence-electron chi connectivity index (χ2n) is 2.05. The summed E-state index contributed by atoms with van der Waals surface area (Å²) in [5, 5.41) is 0. The molecule has 0 saturated carbocycles. The van der Waals surface area contributed by atoms with Gasteiger partial charge in [-0.1, -0.05) is 11.5 Å². The highest BCUT2D eigenvalue weighted by molar-refractivity contribution is 6.74. The van der Waals surface area contributed by atoms with E-state index in [1.807, 2.05) is 0 Å². The highest BCUT2D eigenvalue weighted by atomic mass is 19.4. The monoisotopic (exact) mass is 161 g/mol. The third-order valence-electron chi connectivity index (χ3n) is 1.22. The Morgan fingerprint density at radius 2 is 2.00 bits per heavy atom. The molecule has 0 aliphatic carbocycles. The van der Waals surface area contributed by atoms with Crippen molar-refractivity contribution in [2.24, 2.45) is 0 Å². The predicted octanol–water partition coefficient (Wildman–Crippen LogP) is 0.718. The van der Waals surface area contributed by atoms with Gasteiger partial charge in [0.15, 0.2) is 0 Å². The lowest BCUT2D eigenvalue weighted by Crippen LogP contribution is -2.36. The standard InChI is InChI=1S/C5H5BF3N2/c7-6(8,9)4-2-1-3-11-5(4)10/h1-3H,(H2,10,11)/q-1. The normalized spacial score (nSPS) is 11.5. The van der Waals surface area contributed by atoms with Gasteiger partial charge in [0.2, 0.25) is 0 Å². The number of nitrogen functional groups attached to an aromatic ring is 1. The van der Waals surface area contributed by atoms with Crippen molar-refractivity contribution < 1.29 is 12.9 Å². The van der Waals surface area contributed by atoms with Gasteiger partial charge in [-0.25, -0.2) is 4.98 Å². The Morgan fingerprint density at radius 1 is 1.36 bits per heavy atom. The lowest BCUT2D eigenvalue weighted by atomic mass is 9.80. The molecule has 0 unspecified atom stereocenters. The van der Waals surface area contributed by atoms with Crippen LogP contribution in [0.15, 0.2) is 18.3 Å². The van der Waals surface area contributed by atoms with Gasteiger partial charge in [-0.3, -0.25) is 0 Å². The molecule has 1 aromatic rings. The average molecular weight is 161 g/mol. The summed E-state index contributed by atoms with van der Waals surface area (Å²) in [4.78, 5) is 3.32. The Labute approximate surface area is 61.3 Å². The lowest BCUT2D eigenvalue weighted by Gasteiger charge is -2.15. The average Bonchev–Trinajstić information content (AvgIpc) is 1.86. The Hall–Kier alpha value is -1.20. The van der Waals surface area contributed by atoms with Crippen molar-refractivity contribution in [2.45, 2.75) is 0 Å². The van der Waals surface area contributed by atoms with Crippen LogP contribution in [0.4, 0.5) is 18.8 Å². The minimum atomic E-state index is -5.02. The molecule has 2 N–H and O–H groups in total. The van der Waals surface area contributed by atoms with Crippen LogP contribution in [0.3, 0.4) is 0 Å². The van der Waals surface area contributed by atoms with Gasteiger partial charge >= 0.3 is 6.98 Å². The van der Waals surface area contributed by atoms with Crippen LogP contribution in [0.1, 0.15) is 0 Å². The maximum atomic E-state index is 12.0. The fourth-order valence-electron chi connectivity index (χ4n) is 0.707. The molecule has 2 nitrogen and oxygen atoms in total. The highest BCUT2D eigenvalue weighted by Crippen LogP contribution is 2.10. The second-order valence-corrected chi connectivity index (χ2v) is 2.05.